The number of anilines is 1. The van der Waals surface area contributed by atoms with Crippen molar-refractivity contribution >= 4 is 22.8 Å². The Balaban J connectivity index is 0.000000397. The van der Waals surface area contributed by atoms with Crippen molar-refractivity contribution in [2.45, 2.75) is 59.2 Å². The largest absolute Gasteiger partial charge is 0.376 e. The number of carbonyl (C=O) groups excluding carboxylic acids is 1. The van der Waals surface area contributed by atoms with Gasteiger partial charge >= 0.3 is 0 Å². The highest BCUT2D eigenvalue weighted by Crippen LogP contribution is 2.47. The first-order chi connectivity index (χ1) is 20.0. The molecule has 3 aliphatic rings. The Morgan fingerprint density at radius 3 is 2.29 bits per heavy atom. The minimum absolute atomic E-state index is 0.0184. The van der Waals surface area contributed by atoms with Crippen LogP contribution in [-0.4, -0.2) is 79.2 Å². The topological polar surface area (TPSA) is 123 Å². The molecule has 4 aromatic rings. The number of aryl methyl sites for hydroxylation is 2. The summed E-state index contributed by atoms with van der Waals surface area (Å²) in [4.78, 5) is 38.2. The number of amides is 1. The molecule has 0 bridgehead atoms. The Morgan fingerprint density at radius 2 is 1.71 bits per heavy atom. The summed E-state index contributed by atoms with van der Waals surface area (Å²) in [6.07, 6.45) is 5.15. The van der Waals surface area contributed by atoms with Gasteiger partial charge in [0.2, 0.25) is 5.91 Å². The lowest BCUT2D eigenvalue weighted by Crippen LogP contribution is -2.63. The zero-order valence-corrected chi connectivity index (χ0v) is 25.4. The van der Waals surface area contributed by atoms with Crippen LogP contribution in [0, 0.1) is 12.3 Å². The molecule has 0 spiro atoms. The van der Waals surface area contributed by atoms with Gasteiger partial charge < -0.3 is 19.9 Å². The van der Waals surface area contributed by atoms with Gasteiger partial charge in [0.25, 0.3) is 0 Å². The molecule has 3 aliphatic heterocycles. The molecule has 220 valence electrons. The van der Waals surface area contributed by atoms with Crippen LogP contribution in [0.1, 0.15) is 46.0 Å². The average molecular weight is 570 g/mol. The number of carbonyl (C=O) groups is 1. The lowest BCUT2D eigenvalue weighted by Gasteiger charge is -2.52. The molecule has 11 nitrogen and oxygen atoms in total. The molecule has 7 rings (SSSR count). The highest BCUT2D eigenvalue weighted by molar-refractivity contribution is 6.06. The third-order valence-electron chi connectivity index (χ3n) is 8.76. The number of hydrogen-bond acceptors (Lipinski definition) is 9. The van der Waals surface area contributed by atoms with E-state index >= 15 is 0 Å². The van der Waals surface area contributed by atoms with Crippen molar-refractivity contribution in [1.29, 1.82) is 0 Å². The number of hydrogen-bond donors (Lipinski definition) is 2. The number of imidazole rings is 1. The maximum Gasteiger partial charge on any atom is 0.249 e. The molecule has 11 heteroatoms. The van der Waals surface area contributed by atoms with Crippen molar-refractivity contribution in [3.8, 4) is 22.6 Å². The number of fused-ring (bicyclic) bond motifs is 2. The SMILES string of the molecule is CCn1c(-c2cnc(C)nc2)nc2c(-c3ccc4c(c3)C(C)(N3CC(C)(C)C3)C(=O)N4)ncnc21.COC1(C)CNC1. The van der Waals surface area contributed by atoms with Gasteiger partial charge in [0.15, 0.2) is 5.65 Å². The number of methoxy groups -OCH3 is 1. The molecule has 2 saturated heterocycles. The molecule has 0 saturated carbocycles. The van der Waals surface area contributed by atoms with Gasteiger partial charge in [-0.05, 0) is 45.2 Å². The number of likely N-dealkylation sites (tertiary alicyclic amines) is 1. The van der Waals surface area contributed by atoms with E-state index in [0.29, 0.717) is 17.9 Å². The fourth-order valence-corrected chi connectivity index (χ4v) is 5.98. The van der Waals surface area contributed by atoms with Gasteiger partial charge in [-0.1, -0.05) is 19.9 Å². The summed E-state index contributed by atoms with van der Waals surface area (Å²) in [7, 11) is 1.75. The average Bonchev–Trinajstić information content (AvgIpc) is 3.45. The molecule has 0 radical (unpaired) electrons. The predicted octanol–water partition coefficient (Wildman–Crippen LogP) is 3.78. The van der Waals surface area contributed by atoms with Gasteiger partial charge in [-0.3, -0.25) is 9.69 Å². The summed E-state index contributed by atoms with van der Waals surface area (Å²) in [6.45, 7) is 17.0. The second kappa shape index (κ2) is 10.2. The van der Waals surface area contributed by atoms with E-state index in [1.165, 1.54) is 0 Å². The third kappa shape index (κ3) is 4.65. The summed E-state index contributed by atoms with van der Waals surface area (Å²) in [6, 6.07) is 6.05. The minimum Gasteiger partial charge on any atom is -0.376 e. The lowest BCUT2D eigenvalue weighted by molar-refractivity contribution is -0.136. The first-order valence-corrected chi connectivity index (χ1v) is 14.5. The van der Waals surface area contributed by atoms with E-state index in [-0.39, 0.29) is 16.9 Å². The predicted molar refractivity (Wildman–Crippen MR) is 162 cm³/mol. The van der Waals surface area contributed by atoms with Crippen LogP contribution >= 0.6 is 0 Å². The van der Waals surface area contributed by atoms with Crippen LogP contribution in [-0.2, 0) is 21.6 Å². The van der Waals surface area contributed by atoms with Crippen LogP contribution in [0.25, 0.3) is 33.8 Å². The van der Waals surface area contributed by atoms with Crippen molar-refractivity contribution in [2.24, 2.45) is 5.41 Å². The molecular weight excluding hydrogens is 530 g/mol. The molecule has 1 atom stereocenters. The fourth-order valence-electron chi connectivity index (χ4n) is 5.98. The molecule has 2 fully saturated rings. The van der Waals surface area contributed by atoms with Crippen molar-refractivity contribution < 1.29 is 9.53 Å². The van der Waals surface area contributed by atoms with E-state index in [9.17, 15) is 4.79 Å². The van der Waals surface area contributed by atoms with Crippen molar-refractivity contribution in [3.63, 3.8) is 0 Å². The molecule has 1 unspecified atom stereocenters. The normalized spacial score (nSPS) is 22.0. The summed E-state index contributed by atoms with van der Waals surface area (Å²) < 4.78 is 7.17. The van der Waals surface area contributed by atoms with Crippen LogP contribution in [0.5, 0.6) is 0 Å². The number of ether oxygens (including phenoxy) is 1. The van der Waals surface area contributed by atoms with Gasteiger partial charge in [0.1, 0.15) is 34.7 Å². The number of nitrogens with zero attached hydrogens (tertiary/aromatic N) is 7. The highest BCUT2D eigenvalue weighted by Gasteiger charge is 2.53. The fraction of sp³-hybridized carbons (Fsp3) is 0.484. The highest BCUT2D eigenvalue weighted by atomic mass is 16.5. The Labute approximate surface area is 246 Å². The number of benzene rings is 1. The maximum atomic E-state index is 13.1. The zero-order chi connectivity index (χ0) is 29.9. The molecule has 1 aromatic carbocycles. The molecule has 3 aromatic heterocycles. The second-order valence-corrected chi connectivity index (χ2v) is 12.7. The third-order valence-corrected chi connectivity index (χ3v) is 8.76. The van der Waals surface area contributed by atoms with Crippen LogP contribution in [0.2, 0.25) is 0 Å². The van der Waals surface area contributed by atoms with E-state index in [2.05, 4.69) is 73.8 Å². The molecule has 6 heterocycles. The molecule has 1 amide bonds. The van der Waals surface area contributed by atoms with E-state index in [4.69, 9.17) is 9.72 Å². The van der Waals surface area contributed by atoms with Gasteiger partial charge in [0, 0.05) is 69.0 Å². The van der Waals surface area contributed by atoms with Crippen molar-refractivity contribution in [1.82, 2.24) is 39.7 Å². The van der Waals surface area contributed by atoms with Crippen molar-refractivity contribution in [2.75, 3.05) is 38.6 Å². The van der Waals surface area contributed by atoms with Gasteiger partial charge in [-0.25, -0.2) is 24.9 Å². The molecular formula is C31H39N9O2. The number of nitrogens with one attached hydrogen (secondary N) is 2. The Morgan fingerprint density at radius 1 is 1.00 bits per heavy atom. The summed E-state index contributed by atoms with van der Waals surface area (Å²) in [5.74, 6) is 1.49. The standard InChI is InChI=1S/C26H28N8O.C5H11NO/c1-6-34-22(17-10-27-15(2)28-11-17)32-21-20(29-14-30-23(21)34)16-7-8-19-18(9-16)26(5,24(35)31-19)33-12-25(3,4)13-33;1-5(7-2)3-6-4-5/h7-11,14H,6,12-13H2,1-5H3,(H,31,35);6H,3-4H2,1-2H3. The Hall–Kier alpha value is -3.80. The summed E-state index contributed by atoms with van der Waals surface area (Å²) in [5.41, 5.74) is 5.45. The first kappa shape index (κ1) is 28.3. The van der Waals surface area contributed by atoms with E-state index in [0.717, 1.165) is 65.7 Å². The Bertz CT molecular complexity index is 1650. The minimum atomic E-state index is -0.708. The van der Waals surface area contributed by atoms with Crippen LogP contribution in [0.3, 0.4) is 0 Å². The van der Waals surface area contributed by atoms with Crippen LogP contribution in [0.4, 0.5) is 5.69 Å². The van der Waals surface area contributed by atoms with Crippen molar-refractivity contribution in [3.05, 3.63) is 48.3 Å². The van der Waals surface area contributed by atoms with Crippen LogP contribution < -0.4 is 10.6 Å². The number of aromatic nitrogens is 6. The quantitative estimate of drug-likeness (QED) is 0.370. The van der Waals surface area contributed by atoms with Gasteiger partial charge in [-0.2, -0.15) is 0 Å². The Kier molecular flexibility index (Phi) is 6.87. The van der Waals surface area contributed by atoms with E-state index in [1.807, 2.05) is 26.0 Å². The van der Waals surface area contributed by atoms with E-state index in [1.54, 1.807) is 25.8 Å². The molecule has 42 heavy (non-hydrogen) atoms. The van der Waals surface area contributed by atoms with Gasteiger partial charge in [0.05, 0.1) is 11.2 Å². The summed E-state index contributed by atoms with van der Waals surface area (Å²) >= 11 is 0. The molecule has 0 aliphatic carbocycles. The second-order valence-electron chi connectivity index (χ2n) is 12.7. The monoisotopic (exact) mass is 569 g/mol. The van der Waals surface area contributed by atoms with Crippen LogP contribution in [0.15, 0.2) is 36.9 Å². The lowest BCUT2D eigenvalue weighted by atomic mass is 9.77. The summed E-state index contributed by atoms with van der Waals surface area (Å²) in [5, 5.41) is 6.21. The molecule has 2 N–H and O–H groups in total. The zero-order valence-electron chi connectivity index (χ0n) is 25.4. The van der Waals surface area contributed by atoms with Gasteiger partial charge in [-0.15, -0.1) is 0 Å². The maximum absolute atomic E-state index is 13.1. The van der Waals surface area contributed by atoms with E-state index < -0.39 is 5.54 Å². The number of rotatable bonds is 5. The smallest absolute Gasteiger partial charge is 0.249 e. The first-order valence-electron chi connectivity index (χ1n) is 14.5.